The average molecular weight is 350 g/mol. The van der Waals surface area contributed by atoms with Crippen LogP contribution in [0.4, 0.5) is 5.69 Å². The van der Waals surface area contributed by atoms with Crippen LogP contribution in [-0.2, 0) is 4.79 Å². The van der Waals surface area contributed by atoms with Crippen LogP contribution in [0.25, 0.3) is 0 Å². The van der Waals surface area contributed by atoms with Gasteiger partial charge in [0.05, 0.1) is 0 Å². The van der Waals surface area contributed by atoms with Crippen molar-refractivity contribution in [3.05, 3.63) is 29.8 Å². The van der Waals surface area contributed by atoms with Crippen LogP contribution in [0.5, 0.6) is 0 Å². The summed E-state index contributed by atoms with van der Waals surface area (Å²) in [5.74, 6) is -0.216. The van der Waals surface area contributed by atoms with E-state index in [-0.39, 0.29) is 16.9 Å². The Morgan fingerprint density at radius 1 is 1.08 bits per heavy atom. The molecular weight excluding hydrogens is 322 g/mol. The van der Waals surface area contributed by atoms with Crippen molar-refractivity contribution < 1.29 is 9.59 Å². The van der Waals surface area contributed by atoms with E-state index in [1.807, 2.05) is 6.92 Å². The van der Waals surface area contributed by atoms with Gasteiger partial charge < -0.3 is 16.0 Å². The molecule has 0 atom stereocenters. The third kappa shape index (κ3) is 8.06. The first-order valence-corrected chi connectivity index (χ1v) is 8.96. The second-order valence-corrected chi connectivity index (χ2v) is 6.02. The summed E-state index contributed by atoms with van der Waals surface area (Å²) in [5.41, 5.74) is 1.22. The molecule has 1 rings (SSSR count). The summed E-state index contributed by atoms with van der Waals surface area (Å²) in [5, 5.41) is 8.61. The molecule has 0 aliphatic carbocycles. The Balaban J connectivity index is 2.40. The first-order valence-electron chi connectivity index (χ1n) is 8.56. The zero-order chi connectivity index (χ0) is 17.8. The lowest BCUT2D eigenvalue weighted by Gasteiger charge is -2.10. The molecule has 0 aromatic heterocycles. The van der Waals surface area contributed by atoms with E-state index in [9.17, 15) is 9.59 Å². The summed E-state index contributed by atoms with van der Waals surface area (Å²) >= 11 is 5.15. The molecule has 132 valence electrons. The minimum absolute atomic E-state index is 0.0797. The highest BCUT2D eigenvalue weighted by Gasteiger charge is 2.07. The molecule has 0 heterocycles. The zero-order valence-electron chi connectivity index (χ0n) is 14.5. The van der Waals surface area contributed by atoms with Crippen LogP contribution < -0.4 is 16.0 Å². The number of carbonyl (C=O) groups is 2. The first kappa shape index (κ1) is 20.1. The highest BCUT2D eigenvalue weighted by Crippen LogP contribution is 2.11. The second-order valence-electron chi connectivity index (χ2n) is 5.61. The van der Waals surface area contributed by atoms with Gasteiger partial charge in [0.1, 0.15) is 0 Å². The molecule has 5 nitrogen and oxygen atoms in total. The highest BCUT2D eigenvalue weighted by atomic mass is 32.1. The molecule has 0 fully saturated rings. The Labute approximate surface area is 149 Å². The third-order valence-corrected chi connectivity index (χ3v) is 3.68. The Hall–Kier alpha value is -1.95. The summed E-state index contributed by atoms with van der Waals surface area (Å²) in [7, 11) is 0. The summed E-state index contributed by atoms with van der Waals surface area (Å²) in [6.45, 7) is 4.60. The maximum Gasteiger partial charge on any atom is 0.251 e. The van der Waals surface area contributed by atoms with Crippen molar-refractivity contribution in [3.8, 4) is 0 Å². The molecule has 1 aromatic rings. The van der Waals surface area contributed by atoms with Gasteiger partial charge >= 0.3 is 0 Å². The smallest absolute Gasteiger partial charge is 0.251 e. The van der Waals surface area contributed by atoms with Crippen LogP contribution in [0.15, 0.2) is 24.3 Å². The highest BCUT2D eigenvalue weighted by molar-refractivity contribution is 7.80. The predicted octanol–water partition coefficient (Wildman–Crippen LogP) is 3.61. The van der Waals surface area contributed by atoms with Crippen LogP contribution >= 0.6 is 12.2 Å². The van der Waals surface area contributed by atoms with Gasteiger partial charge in [-0.2, -0.15) is 0 Å². The fraction of sp³-hybridized carbons (Fsp3) is 0.500. The van der Waals surface area contributed by atoms with E-state index in [0.717, 1.165) is 12.8 Å². The molecule has 24 heavy (non-hydrogen) atoms. The summed E-state index contributed by atoms with van der Waals surface area (Å²) in [6, 6.07) is 7.00. The van der Waals surface area contributed by atoms with Gasteiger partial charge in [0.25, 0.3) is 5.91 Å². The Morgan fingerprint density at radius 3 is 2.54 bits per heavy atom. The van der Waals surface area contributed by atoms with Gasteiger partial charge in [-0.1, -0.05) is 38.7 Å². The average Bonchev–Trinajstić information content (AvgIpc) is 2.55. The lowest BCUT2D eigenvalue weighted by atomic mass is 10.1. The Kier molecular flexibility index (Phi) is 9.68. The van der Waals surface area contributed by atoms with E-state index < -0.39 is 0 Å². The van der Waals surface area contributed by atoms with Gasteiger partial charge in [0.2, 0.25) is 5.91 Å². The molecule has 0 aliphatic heterocycles. The number of unbranched alkanes of at least 4 members (excludes halogenated alkanes) is 4. The van der Waals surface area contributed by atoms with Gasteiger partial charge in [0.15, 0.2) is 5.11 Å². The van der Waals surface area contributed by atoms with E-state index in [1.54, 1.807) is 24.3 Å². The number of rotatable bonds is 9. The van der Waals surface area contributed by atoms with Crippen molar-refractivity contribution in [1.29, 1.82) is 0 Å². The second kappa shape index (κ2) is 11.6. The predicted molar refractivity (Wildman–Crippen MR) is 102 cm³/mol. The topological polar surface area (TPSA) is 70.2 Å². The van der Waals surface area contributed by atoms with Crippen LogP contribution in [0.2, 0.25) is 0 Å². The van der Waals surface area contributed by atoms with Crippen molar-refractivity contribution in [2.24, 2.45) is 0 Å². The van der Waals surface area contributed by atoms with Crippen molar-refractivity contribution in [2.75, 3.05) is 11.9 Å². The van der Waals surface area contributed by atoms with E-state index in [0.29, 0.717) is 24.2 Å². The molecule has 6 heteroatoms. The molecule has 3 N–H and O–H groups in total. The maximum atomic E-state index is 11.8. The van der Waals surface area contributed by atoms with Crippen LogP contribution in [0.3, 0.4) is 0 Å². The van der Waals surface area contributed by atoms with Gasteiger partial charge in [-0.15, -0.1) is 0 Å². The Morgan fingerprint density at radius 2 is 1.83 bits per heavy atom. The molecule has 0 unspecified atom stereocenters. The van der Waals surface area contributed by atoms with Crippen molar-refractivity contribution in [2.45, 2.75) is 52.4 Å². The van der Waals surface area contributed by atoms with Crippen LogP contribution in [-0.4, -0.2) is 23.5 Å². The van der Waals surface area contributed by atoms with Crippen molar-refractivity contribution >= 4 is 34.8 Å². The normalized spacial score (nSPS) is 10.1. The number of anilines is 1. The molecule has 0 saturated heterocycles. The number of hydrogen-bond donors (Lipinski definition) is 3. The van der Waals surface area contributed by atoms with E-state index >= 15 is 0 Å². The molecular formula is C18H27N3O2S. The van der Waals surface area contributed by atoms with Crippen LogP contribution in [0, 0.1) is 0 Å². The van der Waals surface area contributed by atoms with Gasteiger partial charge in [-0.25, -0.2) is 0 Å². The summed E-state index contributed by atoms with van der Waals surface area (Å²) < 4.78 is 0. The fourth-order valence-electron chi connectivity index (χ4n) is 2.24. The lowest BCUT2D eigenvalue weighted by Crippen LogP contribution is -2.34. The Bertz CT molecular complexity index is 561. The largest absolute Gasteiger partial charge is 0.352 e. The third-order valence-electron chi connectivity index (χ3n) is 3.48. The maximum absolute atomic E-state index is 11.8. The lowest BCUT2D eigenvalue weighted by molar-refractivity contribution is -0.119. The number of thiocarbonyl (C=S) groups is 1. The van der Waals surface area contributed by atoms with Gasteiger partial charge in [-0.3, -0.25) is 9.59 Å². The quantitative estimate of drug-likeness (QED) is 0.470. The zero-order valence-corrected chi connectivity index (χ0v) is 15.3. The molecule has 0 bridgehead atoms. The summed E-state index contributed by atoms with van der Waals surface area (Å²) in [4.78, 5) is 23.6. The van der Waals surface area contributed by atoms with E-state index in [2.05, 4.69) is 22.9 Å². The molecule has 0 spiro atoms. The molecule has 1 aromatic carbocycles. The molecule has 0 saturated carbocycles. The number of nitrogens with one attached hydrogen (secondary N) is 3. The SMILES string of the molecule is CCCCCCCC(=O)NC(=S)Nc1cccc(C(=O)NCC)c1. The monoisotopic (exact) mass is 349 g/mol. The molecule has 2 amide bonds. The first-order chi connectivity index (χ1) is 11.6. The fourth-order valence-corrected chi connectivity index (χ4v) is 2.47. The van der Waals surface area contributed by atoms with E-state index in [1.165, 1.54) is 19.3 Å². The van der Waals surface area contributed by atoms with Gasteiger partial charge in [-0.05, 0) is 43.8 Å². The minimum Gasteiger partial charge on any atom is -0.352 e. The number of amides is 2. The van der Waals surface area contributed by atoms with Crippen molar-refractivity contribution in [3.63, 3.8) is 0 Å². The van der Waals surface area contributed by atoms with Crippen LogP contribution in [0.1, 0.15) is 62.7 Å². The number of carbonyl (C=O) groups excluding carboxylic acids is 2. The molecule has 0 radical (unpaired) electrons. The van der Waals surface area contributed by atoms with Gasteiger partial charge in [0, 0.05) is 24.2 Å². The molecule has 0 aliphatic rings. The van der Waals surface area contributed by atoms with E-state index in [4.69, 9.17) is 12.2 Å². The van der Waals surface area contributed by atoms with Crippen molar-refractivity contribution in [1.82, 2.24) is 10.6 Å². The summed E-state index contributed by atoms with van der Waals surface area (Å²) in [6.07, 6.45) is 5.99. The standard InChI is InChI=1S/C18H27N3O2S/c1-3-5-6-7-8-12-16(22)21-18(24)20-15-11-9-10-14(13-15)17(23)19-4-2/h9-11,13H,3-8,12H2,1-2H3,(H,19,23)(H2,20,21,22,24). The number of hydrogen-bond acceptors (Lipinski definition) is 3. The number of benzene rings is 1. The minimum atomic E-state index is -0.136.